The normalized spacial score (nSPS) is 15.8. The van der Waals surface area contributed by atoms with Crippen LogP contribution in [0.1, 0.15) is 5.56 Å². The minimum Gasteiger partial charge on any atom is -0.431 e. The van der Waals surface area contributed by atoms with Gasteiger partial charge in [-0.3, -0.25) is 4.90 Å². The minimum atomic E-state index is 0.687. The van der Waals surface area contributed by atoms with Gasteiger partial charge in [-0.05, 0) is 29.8 Å². The molecular weight excluding hydrogens is 308 g/mol. The van der Waals surface area contributed by atoms with E-state index in [-0.39, 0.29) is 0 Å². The van der Waals surface area contributed by atoms with Crippen LogP contribution in [0.15, 0.2) is 48.5 Å². The molecule has 4 rings (SSSR count). The predicted molar refractivity (Wildman–Crippen MR) is 92.2 cm³/mol. The number of rotatable bonds is 4. The van der Waals surface area contributed by atoms with E-state index in [0.717, 1.165) is 48.8 Å². The Morgan fingerprint density at radius 1 is 1.04 bits per heavy atom. The van der Waals surface area contributed by atoms with Crippen molar-refractivity contribution in [3.05, 3.63) is 54.1 Å². The number of morpholine rings is 1. The maximum absolute atomic E-state index is 5.88. The van der Waals surface area contributed by atoms with E-state index in [2.05, 4.69) is 28.1 Å². The number of aromatic nitrogens is 1. The second-order valence-electron chi connectivity index (χ2n) is 5.58. The number of ether oxygens (including phenoxy) is 2. The van der Waals surface area contributed by atoms with E-state index in [4.69, 9.17) is 9.47 Å². The molecule has 23 heavy (non-hydrogen) atoms. The molecule has 1 fully saturated rings. The monoisotopic (exact) mass is 326 g/mol. The fourth-order valence-electron chi connectivity index (χ4n) is 2.68. The molecule has 0 saturated carbocycles. The quantitative estimate of drug-likeness (QED) is 0.728. The fourth-order valence-corrected chi connectivity index (χ4v) is 3.51. The van der Waals surface area contributed by atoms with Crippen molar-refractivity contribution < 1.29 is 9.47 Å². The molecule has 0 unspecified atom stereocenters. The molecule has 0 radical (unpaired) electrons. The summed E-state index contributed by atoms with van der Waals surface area (Å²) in [6, 6.07) is 16.4. The van der Waals surface area contributed by atoms with Crippen molar-refractivity contribution in [2.24, 2.45) is 0 Å². The Morgan fingerprint density at radius 3 is 2.61 bits per heavy atom. The molecule has 2 aromatic carbocycles. The zero-order chi connectivity index (χ0) is 15.5. The van der Waals surface area contributed by atoms with Crippen LogP contribution in [0.2, 0.25) is 0 Å². The number of thiazole rings is 1. The lowest BCUT2D eigenvalue weighted by molar-refractivity contribution is 0.0342. The van der Waals surface area contributed by atoms with Gasteiger partial charge >= 0.3 is 0 Å². The average Bonchev–Trinajstić information content (AvgIpc) is 3.00. The molecular formula is C18H18N2O2S. The van der Waals surface area contributed by atoms with Crippen LogP contribution in [0.5, 0.6) is 10.9 Å². The Morgan fingerprint density at radius 2 is 1.83 bits per heavy atom. The Bertz CT molecular complexity index is 746. The summed E-state index contributed by atoms with van der Waals surface area (Å²) in [5.41, 5.74) is 2.28. The second-order valence-corrected chi connectivity index (χ2v) is 6.58. The van der Waals surface area contributed by atoms with Crippen molar-refractivity contribution in [2.75, 3.05) is 26.3 Å². The summed E-state index contributed by atoms with van der Waals surface area (Å²) < 4.78 is 12.4. The first-order valence-corrected chi connectivity index (χ1v) is 8.61. The smallest absolute Gasteiger partial charge is 0.279 e. The average molecular weight is 326 g/mol. The Balaban J connectivity index is 1.43. The number of nitrogens with zero attached hydrogens (tertiary/aromatic N) is 2. The van der Waals surface area contributed by atoms with Gasteiger partial charge in [-0.15, -0.1) is 0 Å². The third-order valence-corrected chi connectivity index (χ3v) is 4.83. The number of benzene rings is 2. The van der Waals surface area contributed by atoms with Gasteiger partial charge in [0.05, 0.1) is 23.4 Å². The fraction of sp³-hybridized carbons (Fsp3) is 0.278. The van der Waals surface area contributed by atoms with Crippen LogP contribution in [0.4, 0.5) is 0 Å². The van der Waals surface area contributed by atoms with E-state index in [1.54, 1.807) is 11.3 Å². The second kappa shape index (κ2) is 6.66. The minimum absolute atomic E-state index is 0.687. The van der Waals surface area contributed by atoms with Crippen molar-refractivity contribution >= 4 is 21.6 Å². The predicted octanol–water partition coefficient (Wildman–Crippen LogP) is 3.92. The molecule has 0 amide bonds. The number of hydrogen-bond acceptors (Lipinski definition) is 5. The van der Waals surface area contributed by atoms with Crippen LogP contribution < -0.4 is 4.74 Å². The molecule has 0 spiro atoms. The largest absolute Gasteiger partial charge is 0.431 e. The summed E-state index contributed by atoms with van der Waals surface area (Å²) in [6.07, 6.45) is 0. The number of fused-ring (bicyclic) bond motifs is 1. The summed E-state index contributed by atoms with van der Waals surface area (Å²) in [5, 5.41) is 0.687. The Kier molecular flexibility index (Phi) is 4.24. The third-order valence-electron chi connectivity index (χ3n) is 3.91. The van der Waals surface area contributed by atoms with Gasteiger partial charge in [0.1, 0.15) is 5.75 Å². The lowest BCUT2D eigenvalue weighted by atomic mass is 10.2. The van der Waals surface area contributed by atoms with E-state index in [1.165, 1.54) is 5.56 Å². The molecule has 2 heterocycles. The number of hydrogen-bond donors (Lipinski definition) is 0. The van der Waals surface area contributed by atoms with Crippen LogP contribution >= 0.6 is 11.3 Å². The molecule has 1 aliphatic heterocycles. The topological polar surface area (TPSA) is 34.6 Å². The van der Waals surface area contributed by atoms with Crippen LogP contribution in [-0.4, -0.2) is 36.2 Å². The van der Waals surface area contributed by atoms with Crippen LogP contribution in [0.25, 0.3) is 10.2 Å². The van der Waals surface area contributed by atoms with Crippen molar-refractivity contribution in [3.63, 3.8) is 0 Å². The summed E-state index contributed by atoms with van der Waals surface area (Å²) in [7, 11) is 0. The van der Waals surface area contributed by atoms with Crippen LogP contribution in [0, 0.1) is 0 Å². The Hall–Kier alpha value is -1.95. The summed E-state index contributed by atoms with van der Waals surface area (Å²) >= 11 is 1.57. The standard InChI is InChI=1S/C18H18N2O2S/c1-2-4-17-16(3-1)19-18(23-17)22-15-7-5-14(6-8-15)13-20-9-11-21-12-10-20/h1-8H,9-13H2. The van der Waals surface area contributed by atoms with E-state index >= 15 is 0 Å². The first kappa shape index (κ1) is 14.6. The van der Waals surface area contributed by atoms with E-state index in [1.807, 2.05) is 30.3 Å². The highest BCUT2D eigenvalue weighted by molar-refractivity contribution is 7.20. The van der Waals surface area contributed by atoms with Gasteiger partial charge in [0.25, 0.3) is 5.19 Å². The molecule has 0 aliphatic carbocycles. The van der Waals surface area contributed by atoms with Gasteiger partial charge in [0, 0.05) is 19.6 Å². The van der Waals surface area contributed by atoms with Gasteiger partial charge < -0.3 is 9.47 Å². The van der Waals surface area contributed by atoms with E-state index in [0.29, 0.717) is 5.19 Å². The third kappa shape index (κ3) is 3.52. The van der Waals surface area contributed by atoms with Gasteiger partial charge in [-0.1, -0.05) is 35.6 Å². The highest BCUT2D eigenvalue weighted by Crippen LogP contribution is 2.31. The number of para-hydroxylation sites is 1. The molecule has 1 aromatic heterocycles. The van der Waals surface area contributed by atoms with Crippen molar-refractivity contribution in [1.29, 1.82) is 0 Å². The van der Waals surface area contributed by atoms with E-state index < -0.39 is 0 Å². The zero-order valence-electron chi connectivity index (χ0n) is 12.8. The highest BCUT2D eigenvalue weighted by Gasteiger charge is 2.11. The lowest BCUT2D eigenvalue weighted by Crippen LogP contribution is -2.35. The molecule has 5 heteroatoms. The van der Waals surface area contributed by atoms with Crippen LogP contribution in [0.3, 0.4) is 0 Å². The lowest BCUT2D eigenvalue weighted by Gasteiger charge is -2.26. The van der Waals surface area contributed by atoms with E-state index in [9.17, 15) is 0 Å². The SMILES string of the molecule is c1ccc2sc(Oc3ccc(CN4CCOCC4)cc3)nc2c1. The first-order chi connectivity index (χ1) is 11.4. The highest BCUT2D eigenvalue weighted by atomic mass is 32.1. The molecule has 0 N–H and O–H groups in total. The van der Waals surface area contributed by atoms with Crippen molar-refractivity contribution in [1.82, 2.24) is 9.88 Å². The summed E-state index contributed by atoms with van der Waals surface area (Å²) in [5.74, 6) is 0.829. The van der Waals surface area contributed by atoms with Gasteiger partial charge in [-0.25, -0.2) is 4.98 Å². The molecule has 118 valence electrons. The molecule has 1 aliphatic rings. The molecule has 0 bridgehead atoms. The van der Waals surface area contributed by atoms with Gasteiger partial charge in [-0.2, -0.15) is 0 Å². The van der Waals surface area contributed by atoms with Crippen molar-refractivity contribution in [2.45, 2.75) is 6.54 Å². The van der Waals surface area contributed by atoms with Crippen molar-refractivity contribution in [3.8, 4) is 10.9 Å². The molecule has 3 aromatic rings. The van der Waals surface area contributed by atoms with Crippen LogP contribution in [-0.2, 0) is 11.3 Å². The molecule has 0 atom stereocenters. The van der Waals surface area contributed by atoms with Gasteiger partial charge in [0.15, 0.2) is 0 Å². The maximum Gasteiger partial charge on any atom is 0.279 e. The Labute approximate surface area is 139 Å². The summed E-state index contributed by atoms with van der Waals surface area (Å²) in [4.78, 5) is 6.91. The zero-order valence-corrected chi connectivity index (χ0v) is 13.6. The van der Waals surface area contributed by atoms with Gasteiger partial charge in [0.2, 0.25) is 0 Å². The molecule has 4 nitrogen and oxygen atoms in total. The molecule has 1 saturated heterocycles. The summed E-state index contributed by atoms with van der Waals surface area (Å²) in [6.45, 7) is 4.64. The first-order valence-electron chi connectivity index (χ1n) is 7.79. The maximum atomic E-state index is 5.88.